The van der Waals surface area contributed by atoms with E-state index in [1.807, 2.05) is 32.0 Å². The zero-order chi connectivity index (χ0) is 22.1. The lowest BCUT2D eigenvalue weighted by molar-refractivity contribution is -0.115. The van der Waals surface area contributed by atoms with Gasteiger partial charge in [0.2, 0.25) is 5.91 Å². The second-order valence-electron chi connectivity index (χ2n) is 7.25. The number of benzene rings is 2. The van der Waals surface area contributed by atoms with Crippen LogP contribution in [0.15, 0.2) is 48.5 Å². The van der Waals surface area contributed by atoms with Crippen LogP contribution in [0.3, 0.4) is 0 Å². The summed E-state index contributed by atoms with van der Waals surface area (Å²) in [4.78, 5) is 33.1. The van der Waals surface area contributed by atoms with Gasteiger partial charge in [-0.15, -0.1) is 5.10 Å². The highest BCUT2D eigenvalue weighted by molar-refractivity contribution is 6.33. The van der Waals surface area contributed by atoms with Gasteiger partial charge in [-0.25, -0.2) is 9.50 Å². The van der Waals surface area contributed by atoms with Gasteiger partial charge in [-0.2, -0.15) is 4.98 Å². The Balaban J connectivity index is 1.61. The van der Waals surface area contributed by atoms with E-state index in [1.54, 1.807) is 34.8 Å². The number of nitrogens with zero attached hydrogens (tertiary/aromatic N) is 4. The van der Waals surface area contributed by atoms with E-state index in [4.69, 9.17) is 11.6 Å². The Labute approximate surface area is 184 Å². The number of fused-ring (bicyclic) bond motifs is 1. The summed E-state index contributed by atoms with van der Waals surface area (Å²) in [5.74, 6) is 0.725. The number of nitrogens with one attached hydrogen (secondary N) is 1. The number of hydrogen-bond donors (Lipinski definition) is 1. The maximum atomic E-state index is 12.6. The van der Waals surface area contributed by atoms with E-state index in [9.17, 15) is 9.59 Å². The Morgan fingerprint density at radius 1 is 1.03 bits per heavy atom. The number of hydrogen-bond acceptors (Lipinski definition) is 5. The molecule has 0 aliphatic rings. The first-order valence-electron chi connectivity index (χ1n) is 9.72. The van der Waals surface area contributed by atoms with Gasteiger partial charge in [-0.05, 0) is 57.2 Å². The van der Waals surface area contributed by atoms with E-state index in [2.05, 4.69) is 20.4 Å². The molecule has 4 aromatic rings. The van der Waals surface area contributed by atoms with Gasteiger partial charge >= 0.3 is 0 Å². The Hall–Kier alpha value is -3.58. The number of ketones is 1. The predicted octanol–water partition coefficient (Wildman–Crippen LogP) is 4.45. The minimum absolute atomic E-state index is 0.0208. The van der Waals surface area contributed by atoms with Gasteiger partial charge in [0.15, 0.2) is 11.6 Å². The zero-order valence-electron chi connectivity index (χ0n) is 17.3. The van der Waals surface area contributed by atoms with Gasteiger partial charge < -0.3 is 5.32 Å². The summed E-state index contributed by atoms with van der Waals surface area (Å²) in [6, 6.07) is 14.2. The molecule has 7 nitrogen and oxygen atoms in total. The lowest BCUT2D eigenvalue weighted by Crippen LogP contribution is -2.17. The molecule has 31 heavy (non-hydrogen) atoms. The standard InChI is InChI=1S/C23H20ClN5O2/c1-13-19(12-21(31)26-17-10-8-16(9-11-17)15(3)30)14(2)29-23(25-13)27-22(28-29)18-6-4-5-7-20(18)24/h4-11H,12H2,1-3H3,(H,26,31). The number of aryl methyl sites for hydroxylation is 2. The summed E-state index contributed by atoms with van der Waals surface area (Å²) >= 11 is 6.28. The summed E-state index contributed by atoms with van der Waals surface area (Å²) in [6.07, 6.45) is 0.135. The average Bonchev–Trinajstić information content (AvgIpc) is 3.15. The van der Waals surface area contributed by atoms with Crippen LogP contribution in [-0.2, 0) is 11.2 Å². The Kier molecular flexibility index (Phi) is 5.52. The summed E-state index contributed by atoms with van der Waals surface area (Å²) in [5.41, 5.74) is 4.22. The number of aromatic nitrogens is 4. The molecule has 2 heterocycles. The molecular formula is C23H20ClN5O2. The van der Waals surface area contributed by atoms with Crippen molar-refractivity contribution in [2.75, 3.05) is 5.32 Å². The van der Waals surface area contributed by atoms with E-state index in [0.717, 1.165) is 16.8 Å². The maximum Gasteiger partial charge on any atom is 0.253 e. The van der Waals surface area contributed by atoms with Crippen LogP contribution >= 0.6 is 11.6 Å². The van der Waals surface area contributed by atoms with Crippen LogP contribution in [0.1, 0.15) is 34.2 Å². The lowest BCUT2D eigenvalue weighted by Gasteiger charge is -2.11. The van der Waals surface area contributed by atoms with Crippen LogP contribution in [0, 0.1) is 13.8 Å². The van der Waals surface area contributed by atoms with Gasteiger partial charge in [-0.3, -0.25) is 9.59 Å². The first kappa shape index (κ1) is 20.7. The second kappa shape index (κ2) is 8.28. The minimum atomic E-state index is -0.186. The third-order valence-electron chi connectivity index (χ3n) is 5.08. The molecule has 0 aliphatic carbocycles. The van der Waals surface area contributed by atoms with Gasteiger partial charge in [0.25, 0.3) is 5.78 Å². The SMILES string of the molecule is CC(=O)c1ccc(NC(=O)Cc2c(C)nc3nc(-c4ccccc4Cl)nn3c2C)cc1. The number of carbonyl (C=O) groups excluding carboxylic acids is 2. The number of halogens is 1. The van der Waals surface area contributed by atoms with E-state index in [1.165, 1.54) is 6.92 Å². The van der Waals surface area contributed by atoms with Crippen LogP contribution in [0.5, 0.6) is 0 Å². The van der Waals surface area contributed by atoms with Gasteiger partial charge in [-0.1, -0.05) is 23.7 Å². The molecule has 2 aromatic carbocycles. The highest BCUT2D eigenvalue weighted by atomic mass is 35.5. The van der Waals surface area contributed by atoms with Crippen LogP contribution in [0.25, 0.3) is 17.2 Å². The van der Waals surface area contributed by atoms with E-state index < -0.39 is 0 Å². The summed E-state index contributed by atoms with van der Waals surface area (Å²) in [5, 5.41) is 7.97. The molecule has 1 amide bonds. The zero-order valence-corrected chi connectivity index (χ0v) is 18.1. The van der Waals surface area contributed by atoms with Crippen molar-refractivity contribution in [3.05, 3.63) is 76.1 Å². The van der Waals surface area contributed by atoms with Crippen LogP contribution in [-0.4, -0.2) is 31.3 Å². The van der Waals surface area contributed by atoms with Crippen molar-refractivity contribution in [2.24, 2.45) is 0 Å². The third-order valence-corrected chi connectivity index (χ3v) is 5.41. The molecule has 1 N–H and O–H groups in total. The number of anilines is 1. The maximum absolute atomic E-state index is 12.6. The number of rotatable bonds is 5. The first-order chi connectivity index (χ1) is 14.8. The van der Waals surface area contributed by atoms with Crippen molar-refractivity contribution in [1.82, 2.24) is 19.6 Å². The third kappa shape index (κ3) is 4.18. The molecule has 0 radical (unpaired) electrons. The summed E-state index contributed by atoms with van der Waals surface area (Å²) in [7, 11) is 0. The highest BCUT2D eigenvalue weighted by Crippen LogP contribution is 2.26. The molecule has 156 valence electrons. The molecule has 0 atom stereocenters. The summed E-state index contributed by atoms with van der Waals surface area (Å²) < 4.78 is 1.63. The summed E-state index contributed by atoms with van der Waals surface area (Å²) in [6.45, 7) is 5.24. The van der Waals surface area contributed by atoms with E-state index >= 15 is 0 Å². The normalized spacial score (nSPS) is 11.0. The molecule has 0 unspecified atom stereocenters. The van der Waals surface area contributed by atoms with E-state index in [0.29, 0.717) is 33.6 Å². The topological polar surface area (TPSA) is 89.2 Å². The van der Waals surface area contributed by atoms with Gasteiger partial charge in [0, 0.05) is 33.8 Å². The van der Waals surface area contributed by atoms with Gasteiger partial charge in [0.05, 0.1) is 11.4 Å². The smallest absolute Gasteiger partial charge is 0.253 e. The fourth-order valence-corrected chi connectivity index (χ4v) is 3.60. The number of amides is 1. The fraction of sp³-hybridized carbons (Fsp3) is 0.174. The van der Waals surface area contributed by atoms with Gasteiger partial charge in [0.1, 0.15) is 0 Å². The van der Waals surface area contributed by atoms with Crippen LogP contribution < -0.4 is 5.32 Å². The molecule has 0 aliphatic heterocycles. The van der Waals surface area contributed by atoms with Crippen LogP contribution in [0.2, 0.25) is 5.02 Å². The molecule has 0 bridgehead atoms. The minimum Gasteiger partial charge on any atom is -0.326 e. The monoisotopic (exact) mass is 433 g/mol. The van der Waals surface area contributed by atoms with Crippen molar-refractivity contribution in [2.45, 2.75) is 27.2 Å². The number of Topliss-reactive ketones (excluding diaryl/α,β-unsaturated/α-hetero) is 1. The van der Waals surface area contributed by atoms with E-state index in [-0.39, 0.29) is 18.1 Å². The molecule has 8 heteroatoms. The molecule has 0 saturated carbocycles. The quantitative estimate of drug-likeness (QED) is 0.470. The Morgan fingerprint density at radius 2 is 1.74 bits per heavy atom. The van der Waals surface area contributed by atoms with Crippen molar-refractivity contribution < 1.29 is 9.59 Å². The van der Waals surface area contributed by atoms with Crippen molar-refractivity contribution in [1.29, 1.82) is 0 Å². The Bertz CT molecular complexity index is 1310. The van der Waals surface area contributed by atoms with Crippen LogP contribution in [0.4, 0.5) is 5.69 Å². The molecule has 0 fully saturated rings. The molecular weight excluding hydrogens is 414 g/mol. The average molecular weight is 434 g/mol. The molecule has 0 saturated heterocycles. The molecule has 4 rings (SSSR count). The first-order valence-corrected chi connectivity index (χ1v) is 10.1. The fourth-order valence-electron chi connectivity index (χ4n) is 3.37. The second-order valence-corrected chi connectivity index (χ2v) is 7.65. The lowest BCUT2D eigenvalue weighted by atomic mass is 10.1. The number of carbonyl (C=O) groups is 2. The van der Waals surface area contributed by atoms with Crippen molar-refractivity contribution >= 4 is 34.8 Å². The predicted molar refractivity (Wildman–Crippen MR) is 119 cm³/mol. The highest BCUT2D eigenvalue weighted by Gasteiger charge is 2.17. The van der Waals surface area contributed by atoms with Crippen molar-refractivity contribution in [3.63, 3.8) is 0 Å². The van der Waals surface area contributed by atoms with Crippen molar-refractivity contribution in [3.8, 4) is 11.4 Å². The molecule has 2 aromatic heterocycles. The Morgan fingerprint density at radius 3 is 2.42 bits per heavy atom. The molecule has 0 spiro atoms. The largest absolute Gasteiger partial charge is 0.326 e.